The second-order valence-corrected chi connectivity index (χ2v) is 6.94. The SMILES string of the molecule is C(=Nc1ccc2ncccc2c1)c1ccc(C=Nc2ccc3ncccc3c2)cc1. The Morgan fingerprint density at radius 3 is 1.47 bits per heavy atom. The van der Waals surface area contributed by atoms with Crippen molar-refractivity contribution in [3.05, 3.63) is 108 Å². The van der Waals surface area contributed by atoms with Crippen LogP contribution in [0.25, 0.3) is 21.8 Å². The second-order valence-electron chi connectivity index (χ2n) is 6.94. The zero-order valence-electron chi connectivity index (χ0n) is 16.2. The summed E-state index contributed by atoms with van der Waals surface area (Å²) >= 11 is 0. The Hall–Kier alpha value is -4.18. The zero-order valence-corrected chi connectivity index (χ0v) is 16.2. The topological polar surface area (TPSA) is 50.5 Å². The molecule has 4 nitrogen and oxygen atoms in total. The molecule has 4 heteroatoms. The predicted molar refractivity (Wildman–Crippen MR) is 124 cm³/mol. The molecule has 0 N–H and O–H groups in total. The van der Waals surface area contributed by atoms with Gasteiger partial charge in [-0.1, -0.05) is 36.4 Å². The lowest BCUT2D eigenvalue weighted by atomic mass is 10.1. The second kappa shape index (κ2) is 8.05. The van der Waals surface area contributed by atoms with Crippen LogP contribution in [-0.2, 0) is 0 Å². The standard InChI is InChI=1S/C26H18N4/c1-3-21-15-23(9-11-25(21)27-13-1)29-17-19-5-7-20(8-6-19)18-30-24-10-12-26-22(16-24)4-2-14-28-26/h1-18H. The smallest absolute Gasteiger partial charge is 0.0703 e. The van der Waals surface area contributed by atoms with Crippen molar-refractivity contribution in [3.8, 4) is 0 Å². The van der Waals surface area contributed by atoms with Gasteiger partial charge in [0.15, 0.2) is 0 Å². The quantitative estimate of drug-likeness (QED) is 0.341. The van der Waals surface area contributed by atoms with Crippen molar-refractivity contribution < 1.29 is 0 Å². The van der Waals surface area contributed by atoms with Gasteiger partial charge in [-0.3, -0.25) is 20.0 Å². The molecule has 3 aromatic carbocycles. The van der Waals surface area contributed by atoms with E-state index in [1.54, 1.807) is 12.4 Å². The number of hydrogen-bond donors (Lipinski definition) is 0. The van der Waals surface area contributed by atoms with Gasteiger partial charge in [-0.25, -0.2) is 0 Å². The van der Waals surface area contributed by atoms with Gasteiger partial charge in [0.1, 0.15) is 0 Å². The third kappa shape index (κ3) is 3.98. The van der Waals surface area contributed by atoms with Gasteiger partial charge in [-0.05, 0) is 59.7 Å². The van der Waals surface area contributed by atoms with Crippen LogP contribution in [-0.4, -0.2) is 22.4 Å². The number of aromatic nitrogens is 2. The highest BCUT2D eigenvalue weighted by atomic mass is 14.7. The fourth-order valence-corrected chi connectivity index (χ4v) is 3.25. The maximum atomic E-state index is 4.59. The molecule has 0 radical (unpaired) electrons. The summed E-state index contributed by atoms with van der Waals surface area (Å²) in [6.07, 6.45) is 7.34. The van der Waals surface area contributed by atoms with E-state index in [1.807, 2.05) is 97.4 Å². The van der Waals surface area contributed by atoms with Crippen LogP contribution in [0.4, 0.5) is 11.4 Å². The van der Waals surface area contributed by atoms with Crippen LogP contribution in [0.3, 0.4) is 0 Å². The molecule has 0 amide bonds. The Bertz CT molecular complexity index is 1280. The van der Waals surface area contributed by atoms with E-state index in [9.17, 15) is 0 Å². The van der Waals surface area contributed by atoms with E-state index in [4.69, 9.17) is 0 Å². The number of fused-ring (bicyclic) bond motifs is 2. The summed E-state index contributed by atoms with van der Waals surface area (Å²) in [4.78, 5) is 17.8. The van der Waals surface area contributed by atoms with Crippen molar-refractivity contribution in [3.63, 3.8) is 0 Å². The number of aliphatic imine (C=N–C) groups is 2. The lowest BCUT2D eigenvalue weighted by Crippen LogP contribution is -1.84. The third-order valence-electron chi connectivity index (χ3n) is 4.84. The molecular formula is C26H18N4. The number of pyridine rings is 2. The van der Waals surface area contributed by atoms with Gasteiger partial charge < -0.3 is 0 Å². The van der Waals surface area contributed by atoms with Crippen LogP contribution < -0.4 is 0 Å². The van der Waals surface area contributed by atoms with Crippen molar-refractivity contribution in [2.75, 3.05) is 0 Å². The van der Waals surface area contributed by atoms with Crippen LogP contribution >= 0.6 is 0 Å². The first-order chi connectivity index (χ1) is 14.8. The number of benzene rings is 3. The minimum atomic E-state index is 0.909. The molecule has 0 atom stereocenters. The van der Waals surface area contributed by atoms with E-state index in [0.717, 1.165) is 44.3 Å². The maximum absolute atomic E-state index is 4.59. The Morgan fingerprint density at radius 1 is 0.533 bits per heavy atom. The fraction of sp³-hybridized carbons (Fsp3) is 0. The summed E-state index contributed by atoms with van der Waals surface area (Å²) in [5, 5.41) is 2.17. The number of nitrogens with zero attached hydrogens (tertiary/aromatic N) is 4. The lowest BCUT2D eigenvalue weighted by Gasteiger charge is -2.00. The molecule has 0 saturated carbocycles. The minimum Gasteiger partial charge on any atom is -0.256 e. The molecule has 5 rings (SSSR count). The molecule has 0 fully saturated rings. The van der Waals surface area contributed by atoms with E-state index >= 15 is 0 Å². The van der Waals surface area contributed by atoms with Crippen molar-refractivity contribution in [2.45, 2.75) is 0 Å². The maximum Gasteiger partial charge on any atom is 0.0703 e. The highest BCUT2D eigenvalue weighted by Crippen LogP contribution is 2.20. The van der Waals surface area contributed by atoms with Crippen molar-refractivity contribution >= 4 is 45.6 Å². The zero-order chi connectivity index (χ0) is 20.2. The van der Waals surface area contributed by atoms with E-state index in [0.29, 0.717) is 0 Å². The molecule has 0 aliphatic carbocycles. The molecule has 0 bridgehead atoms. The van der Waals surface area contributed by atoms with Crippen LogP contribution in [0.2, 0.25) is 0 Å². The molecule has 0 saturated heterocycles. The molecule has 5 aromatic rings. The summed E-state index contributed by atoms with van der Waals surface area (Å²) in [5.74, 6) is 0. The highest BCUT2D eigenvalue weighted by molar-refractivity contribution is 5.88. The molecule has 30 heavy (non-hydrogen) atoms. The molecule has 0 spiro atoms. The summed E-state index contributed by atoms with van der Waals surface area (Å²) in [7, 11) is 0. The molecule has 0 aliphatic heterocycles. The average Bonchev–Trinajstić information content (AvgIpc) is 2.82. The Labute approximate surface area is 174 Å². The van der Waals surface area contributed by atoms with E-state index in [-0.39, 0.29) is 0 Å². The van der Waals surface area contributed by atoms with Crippen LogP contribution in [0.15, 0.2) is 107 Å². The van der Waals surface area contributed by atoms with E-state index < -0.39 is 0 Å². The monoisotopic (exact) mass is 386 g/mol. The third-order valence-corrected chi connectivity index (χ3v) is 4.84. The van der Waals surface area contributed by atoms with Gasteiger partial charge in [-0.2, -0.15) is 0 Å². The first-order valence-corrected chi connectivity index (χ1v) is 9.71. The van der Waals surface area contributed by atoms with Crippen LogP contribution in [0.5, 0.6) is 0 Å². The summed E-state index contributed by atoms with van der Waals surface area (Å²) in [5.41, 5.74) is 5.84. The normalized spacial score (nSPS) is 11.7. The van der Waals surface area contributed by atoms with Crippen molar-refractivity contribution in [2.24, 2.45) is 9.98 Å². The van der Waals surface area contributed by atoms with Gasteiger partial charge >= 0.3 is 0 Å². The number of rotatable bonds is 4. The van der Waals surface area contributed by atoms with Crippen molar-refractivity contribution in [1.29, 1.82) is 0 Å². The van der Waals surface area contributed by atoms with E-state index in [1.165, 1.54) is 0 Å². The average molecular weight is 386 g/mol. The molecule has 0 aliphatic rings. The molecular weight excluding hydrogens is 368 g/mol. The fourth-order valence-electron chi connectivity index (χ4n) is 3.25. The predicted octanol–water partition coefficient (Wildman–Crippen LogP) is 6.28. The summed E-state index contributed by atoms with van der Waals surface area (Å²) < 4.78 is 0. The molecule has 2 aromatic heterocycles. The number of hydrogen-bond acceptors (Lipinski definition) is 4. The summed E-state index contributed by atoms with van der Waals surface area (Å²) in [6, 6.07) is 28.1. The molecule has 2 heterocycles. The Kier molecular flexibility index (Phi) is 4.80. The first-order valence-electron chi connectivity index (χ1n) is 9.71. The Morgan fingerprint density at radius 2 is 1.00 bits per heavy atom. The molecule has 142 valence electrons. The van der Waals surface area contributed by atoms with Crippen molar-refractivity contribution in [1.82, 2.24) is 9.97 Å². The first kappa shape index (κ1) is 17.9. The Balaban J connectivity index is 1.30. The van der Waals surface area contributed by atoms with Crippen LogP contribution in [0, 0.1) is 0 Å². The van der Waals surface area contributed by atoms with Gasteiger partial charge in [0.05, 0.1) is 22.4 Å². The summed E-state index contributed by atoms with van der Waals surface area (Å²) in [6.45, 7) is 0. The van der Waals surface area contributed by atoms with E-state index in [2.05, 4.69) is 20.0 Å². The van der Waals surface area contributed by atoms with Gasteiger partial charge in [-0.15, -0.1) is 0 Å². The molecule has 0 unspecified atom stereocenters. The van der Waals surface area contributed by atoms with Gasteiger partial charge in [0, 0.05) is 35.6 Å². The van der Waals surface area contributed by atoms with Gasteiger partial charge in [0.2, 0.25) is 0 Å². The lowest BCUT2D eigenvalue weighted by molar-refractivity contribution is 1.41. The highest BCUT2D eigenvalue weighted by Gasteiger charge is 1.97. The van der Waals surface area contributed by atoms with Gasteiger partial charge in [0.25, 0.3) is 0 Å². The van der Waals surface area contributed by atoms with Crippen LogP contribution in [0.1, 0.15) is 11.1 Å². The largest absolute Gasteiger partial charge is 0.256 e. The minimum absolute atomic E-state index is 0.909.